The minimum Gasteiger partial charge on any atom is -0.311 e. The van der Waals surface area contributed by atoms with E-state index in [0.29, 0.717) is 12.0 Å². The van der Waals surface area contributed by atoms with Crippen molar-refractivity contribution in [2.75, 3.05) is 6.54 Å². The average molecular weight is 197 g/mol. The summed E-state index contributed by atoms with van der Waals surface area (Å²) >= 11 is 0. The predicted octanol–water partition coefficient (Wildman–Crippen LogP) is 3.76. The number of hydrogen-bond acceptors (Lipinski definition) is 1. The van der Waals surface area contributed by atoms with Crippen molar-refractivity contribution in [1.29, 1.82) is 0 Å². The summed E-state index contributed by atoms with van der Waals surface area (Å²) in [5.41, 5.74) is 1.56. The molecule has 1 nitrogen and oxygen atoms in total. The van der Waals surface area contributed by atoms with E-state index in [1.54, 1.807) is 5.57 Å². The van der Waals surface area contributed by atoms with E-state index in [0.717, 1.165) is 6.54 Å². The first kappa shape index (κ1) is 13.7. The molecule has 0 aromatic rings. The Hall–Kier alpha value is -0.300. The van der Waals surface area contributed by atoms with E-state index in [9.17, 15) is 0 Å². The van der Waals surface area contributed by atoms with Crippen molar-refractivity contribution in [2.45, 2.75) is 59.9 Å². The molecule has 14 heavy (non-hydrogen) atoms. The minimum atomic E-state index is 0.586. The van der Waals surface area contributed by atoms with Crippen LogP contribution in [0.5, 0.6) is 0 Å². The summed E-state index contributed by atoms with van der Waals surface area (Å²) in [6, 6.07) is 0.586. The van der Waals surface area contributed by atoms with Gasteiger partial charge in [-0.3, -0.25) is 0 Å². The largest absolute Gasteiger partial charge is 0.311 e. The monoisotopic (exact) mass is 197 g/mol. The van der Waals surface area contributed by atoms with Crippen LogP contribution in [-0.2, 0) is 0 Å². The molecule has 0 fully saturated rings. The van der Waals surface area contributed by atoms with Gasteiger partial charge in [0.05, 0.1) is 0 Å². The Balaban J connectivity index is 3.94. The van der Waals surface area contributed by atoms with Crippen molar-refractivity contribution in [3.8, 4) is 0 Å². The summed E-state index contributed by atoms with van der Waals surface area (Å²) in [4.78, 5) is 0. The third-order valence-corrected chi connectivity index (χ3v) is 2.42. The quantitative estimate of drug-likeness (QED) is 0.484. The van der Waals surface area contributed by atoms with Crippen molar-refractivity contribution in [3.05, 3.63) is 11.6 Å². The van der Waals surface area contributed by atoms with Crippen LogP contribution in [0.4, 0.5) is 0 Å². The lowest BCUT2D eigenvalue weighted by molar-refractivity contribution is 0.587. The smallest absolute Gasteiger partial charge is 0.0169 e. The number of allylic oxidation sites excluding steroid dienone is 1. The van der Waals surface area contributed by atoms with Gasteiger partial charge in [-0.2, -0.15) is 0 Å². The van der Waals surface area contributed by atoms with Gasteiger partial charge in [-0.25, -0.2) is 0 Å². The van der Waals surface area contributed by atoms with Crippen LogP contribution in [0.1, 0.15) is 53.9 Å². The van der Waals surface area contributed by atoms with E-state index in [-0.39, 0.29) is 0 Å². The van der Waals surface area contributed by atoms with Gasteiger partial charge in [0, 0.05) is 12.6 Å². The van der Waals surface area contributed by atoms with Gasteiger partial charge >= 0.3 is 0 Å². The molecule has 0 unspecified atom stereocenters. The molecular formula is C13H27N. The molecule has 0 rings (SSSR count). The van der Waals surface area contributed by atoms with Crippen molar-refractivity contribution in [2.24, 2.45) is 5.92 Å². The Labute approximate surface area is 90.0 Å². The van der Waals surface area contributed by atoms with E-state index in [4.69, 9.17) is 0 Å². The molecular weight excluding hydrogens is 170 g/mol. The molecule has 0 radical (unpaired) electrons. The maximum Gasteiger partial charge on any atom is 0.0169 e. The van der Waals surface area contributed by atoms with Crippen LogP contribution in [0.3, 0.4) is 0 Å². The standard InChI is InChI=1S/C13H27N/c1-6-7-8-9-13(11(2)3)10-14-12(4)5/h9,11-12,14H,6-8,10H2,1-5H3/b13-9+. The highest BCUT2D eigenvalue weighted by Crippen LogP contribution is 2.11. The number of hydrogen-bond donors (Lipinski definition) is 1. The normalized spacial score (nSPS) is 12.9. The highest BCUT2D eigenvalue weighted by atomic mass is 14.9. The molecule has 0 saturated carbocycles. The summed E-state index contributed by atoms with van der Waals surface area (Å²) < 4.78 is 0. The second kappa shape index (κ2) is 8.05. The predicted molar refractivity (Wildman–Crippen MR) is 65.6 cm³/mol. The summed E-state index contributed by atoms with van der Waals surface area (Å²) in [7, 11) is 0. The van der Waals surface area contributed by atoms with E-state index in [1.807, 2.05) is 0 Å². The molecule has 1 N–H and O–H groups in total. The van der Waals surface area contributed by atoms with Gasteiger partial charge in [0.25, 0.3) is 0 Å². The highest BCUT2D eigenvalue weighted by molar-refractivity contribution is 5.07. The second-order valence-electron chi connectivity index (χ2n) is 4.61. The van der Waals surface area contributed by atoms with Gasteiger partial charge in [-0.15, -0.1) is 0 Å². The number of unbranched alkanes of at least 4 members (excludes halogenated alkanes) is 2. The van der Waals surface area contributed by atoms with Crippen LogP contribution >= 0.6 is 0 Å². The third-order valence-electron chi connectivity index (χ3n) is 2.42. The van der Waals surface area contributed by atoms with Gasteiger partial charge in [0.2, 0.25) is 0 Å². The first-order chi connectivity index (χ1) is 6.57. The lowest BCUT2D eigenvalue weighted by atomic mass is 10.0. The summed E-state index contributed by atoms with van der Waals surface area (Å²) in [6.45, 7) is 12.3. The zero-order valence-electron chi connectivity index (χ0n) is 10.6. The Morgan fingerprint density at radius 1 is 1.21 bits per heavy atom. The first-order valence-electron chi connectivity index (χ1n) is 6.00. The number of nitrogens with one attached hydrogen (secondary N) is 1. The van der Waals surface area contributed by atoms with Crippen LogP contribution in [0.25, 0.3) is 0 Å². The van der Waals surface area contributed by atoms with Crippen LogP contribution in [0.15, 0.2) is 11.6 Å². The van der Waals surface area contributed by atoms with Crippen molar-refractivity contribution in [3.63, 3.8) is 0 Å². The third kappa shape index (κ3) is 7.14. The van der Waals surface area contributed by atoms with Crippen molar-refractivity contribution in [1.82, 2.24) is 5.32 Å². The molecule has 0 aliphatic heterocycles. The summed E-state index contributed by atoms with van der Waals surface area (Å²) in [5.74, 6) is 0.679. The summed E-state index contributed by atoms with van der Waals surface area (Å²) in [5, 5.41) is 3.49. The topological polar surface area (TPSA) is 12.0 Å². The summed E-state index contributed by atoms with van der Waals surface area (Å²) in [6.07, 6.45) is 6.27. The zero-order valence-corrected chi connectivity index (χ0v) is 10.6. The van der Waals surface area contributed by atoms with Crippen LogP contribution in [0, 0.1) is 5.92 Å². The molecule has 0 atom stereocenters. The van der Waals surface area contributed by atoms with E-state index >= 15 is 0 Å². The lowest BCUT2D eigenvalue weighted by Crippen LogP contribution is -2.26. The van der Waals surface area contributed by atoms with Gasteiger partial charge < -0.3 is 5.32 Å². The van der Waals surface area contributed by atoms with Gasteiger partial charge in [-0.05, 0) is 12.3 Å². The Morgan fingerprint density at radius 2 is 1.86 bits per heavy atom. The van der Waals surface area contributed by atoms with Crippen LogP contribution in [0.2, 0.25) is 0 Å². The Bertz CT molecular complexity index is 157. The van der Waals surface area contributed by atoms with Gasteiger partial charge in [0.1, 0.15) is 0 Å². The fraction of sp³-hybridized carbons (Fsp3) is 0.846. The first-order valence-corrected chi connectivity index (χ1v) is 6.00. The fourth-order valence-corrected chi connectivity index (χ4v) is 1.33. The second-order valence-corrected chi connectivity index (χ2v) is 4.61. The molecule has 1 heteroatoms. The minimum absolute atomic E-state index is 0.586. The van der Waals surface area contributed by atoms with Crippen molar-refractivity contribution >= 4 is 0 Å². The Morgan fingerprint density at radius 3 is 2.29 bits per heavy atom. The average Bonchev–Trinajstić information content (AvgIpc) is 2.10. The number of rotatable bonds is 7. The van der Waals surface area contributed by atoms with E-state index in [2.05, 4.69) is 46.0 Å². The molecule has 0 heterocycles. The molecule has 0 saturated heterocycles. The molecule has 0 aromatic carbocycles. The molecule has 0 aliphatic rings. The molecule has 0 bridgehead atoms. The SMILES string of the molecule is CCCC/C=C(\CNC(C)C)C(C)C. The molecule has 84 valence electrons. The van der Waals surface area contributed by atoms with Crippen LogP contribution in [-0.4, -0.2) is 12.6 Å². The van der Waals surface area contributed by atoms with Gasteiger partial charge in [-0.1, -0.05) is 59.1 Å². The molecule has 0 aliphatic carbocycles. The molecule has 0 spiro atoms. The van der Waals surface area contributed by atoms with Gasteiger partial charge in [0.15, 0.2) is 0 Å². The maximum absolute atomic E-state index is 3.49. The zero-order chi connectivity index (χ0) is 11.0. The van der Waals surface area contributed by atoms with Crippen LogP contribution < -0.4 is 5.32 Å². The fourth-order valence-electron chi connectivity index (χ4n) is 1.33. The highest BCUT2D eigenvalue weighted by Gasteiger charge is 2.03. The lowest BCUT2D eigenvalue weighted by Gasteiger charge is -2.14. The Kier molecular flexibility index (Phi) is 7.87. The molecule has 0 aromatic heterocycles. The van der Waals surface area contributed by atoms with E-state index in [1.165, 1.54) is 19.3 Å². The maximum atomic E-state index is 3.49. The van der Waals surface area contributed by atoms with E-state index < -0.39 is 0 Å². The van der Waals surface area contributed by atoms with Crippen molar-refractivity contribution < 1.29 is 0 Å². The molecule has 0 amide bonds.